The first-order chi connectivity index (χ1) is 26.7. The number of tetrazole rings is 1. The van der Waals surface area contributed by atoms with Crippen LogP contribution in [0.1, 0.15) is 82.2 Å². The van der Waals surface area contributed by atoms with Crippen LogP contribution in [0.15, 0.2) is 48.8 Å². The molecule has 0 bridgehead atoms. The van der Waals surface area contributed by atoms with E-state index in [9.17, 15) is 36.7 Å². The van der Waals surface area contributed by atoms with Crippen molar-refractivity contribution in [3.63, 3.8) is 0 Å². The zero-order chi connectivity index (χ0) is 40.6. The smallest absolute Gasteiger partial charge is 0.358 e. The van der Waals surface area contributed by atoms with Gasteiger partial charge in [0.15, 0.2) is 0 Å². The monoisotopic (exact) mass is 783 g/mol. The minimum atomic E-state index is -4.65. The maximum Gasteiger partial charge on any atom is 0.418 e. The Labute approximate surface area is 322 Å². The number of alkyl halides is 3. The number of aromatic amines is 1. The van der Waals surface area contributed by atoms with E-state index in [1.165, 1.54) is 36.7 Å². The van der Waals surface area contributed by atoms with Gasteiger partial charge in [-0.15, -0.1) is 5.10 Å². The highest BCUT2D eigenvalue weighted by Gasteiger charge is 2.47. The number of hydrogen-bond donors (Lipinski definition) is 5. The maximum atomic E-state index is 14.7. The first kappa shape index (κ1) is 41.8. The van der Waals surface area contributed by atoms with E-state index in [2.05, 4.69) is 41.8 Å². The van der Waals surface area contributed by atoms with Crippen molar-refractivity contribution in [3.8, 4) is 0 Å². The molecule has 2 heterocycles. The van der Waals surface area contributed by atoms with Crippen molar-refractivity contribution in [3.05, 3.63) is 77.0 Å². The number of benzene rings is 2. The van der Waals surface area contributed by atoms with E-state index in [-0.39, 0.29) is 48.1 Å². The number of rotatable bonds is 17. The highest BCUT2D eigenvalue weighted by atomic mass is 19.4. The number of halogens is 4. The van der Waals surface area contributed by atoms with Gasteiger partial charge in [-0.05, 0) is 71.2 Å². The number of H-pyrrole nitrogens is 1. The predicted molar refractivity (Wildman–Crippen MR) is 199 cm³/mol. The summed E-state index contributed by atoms with van der Waals surface area (Å²) in [7, 11) is 0. The Morgan fingerprint density at radius 3 is 2.32 bits per heavy atom. The van der Waals surface area contributed by atoms with Crippen LogP contribution < -0.4 is 21.3 Å². The number of unbranched alkanes of at least 4 members (excludes halogenated alkanes) is 1. The molecule has 5 atom stereocenters. The Hall–Kier alpha value is -5.35. The fourth-order valence-corrected chi connectivity index (χ4v) is 7.10. The summed E-state index contributed by atoms with van der Waals surface area (Å²) in [5, 5.41) is 22.7. The summed E-state index contributed by atoms with van der Waals surface area (Å²) >= 11 is 0. The van der Waals surface area contributed by atoms with Crippen molar-refractivity contribution in [2.24, 2.45) is 11.8 Å². The van der Waals surface area contributed by atoms with E-state index in [1.807, 2.05) is 20.8 Å². The summed E-state index contributed by atoms with van der Waals surface area (Å²) in [6.07, 6.45) is -1.33. The molecule has 0 fully saturated rings. The summed E-state index contributed by atoms with van der Waals surface area (Å²) in [5.41, 5.74) is -1.63. The lowest BCUT2D eigenvalue weighted by Gasteiger charge is -2.39. The normalized spacial score (nSPS) is 17.6. The molecule has 1 aliphatic rings. The van der Waals surface area contributed by atoms with Gasteiger partial charge in [0.1, 0.15) is 29.8 Å². The van der Waals surface area contributed by atoms with Gasteiger partial charge in [-0.2, -0.15) is 13.2 Å². The SMILES string of the molecule is CCC(C)[C@H](NC(=O)Cc1ccccc1F)C(=O)N[C@]1(C(=O)NC(C(=O)NCCCCn2cnnn2)[C@@H](C)CC)CCc2[nH]c3c(C(F)(F)F)cccc3c2C1. The Morgan fingerprint density at radius 2 is 1.66 bits per heavy atom. The topological polar surface area (TPSA) is 176 Å². The maximum absolute atomic E-state index is 14.7. The van der Waals surface area contributed by atoms with Gasteiger partial charge in [-0.25, -0.2) is 9.07 Å². The average molecular weight is 784 g/mol. The van der Waals surface area contributed by atoms with Crippen molar-refractivity contribution in [2.45, 2.75) is 109 Å². The second-order valence-electron chi connectivity index (χ2n) is 14.7. The van der Waals surface area contributed by atoms with Crippen LogP contribution in [0.4, 0.5) is 17.6 Å². The molecule has 0 saturated carbocycles. The molecule has 13 nitrogen and oxygen atoms in total. The molecule has 5 N–H and O–H groups in total. The summed E-state index contributed by atoms with van der Waals surface area (Å²) in [4.78, 5) is 58.8. The van der Waals surface area contributed by atoms with Gasteiger partial charge in [0.2, 0.25) is 23.6 Å². The second-order valence-corrected chi connectivity index (χ2v) is 14.7. The van der Waals surface area contributed by atoms with Gasteiger partial charge in [0, 0.05) is 30.6 Å². The van der Waals surface area contributed by atoms with Gasteiger partial charge in [0.25, 0.3) is 0 Å². The minimum Gasteiger partial charge on any atom is -0.358 e. The summed E-state index contributed by atoms with van der Waals surface area (Å²) in [5.74, 6) is -3.74. The zero-order valence-electron chi connectivity index (χ0n) is 31.9. The van der Waals surface area contributed by atoms with Crippen molar-refractivity contribution in [2.75, 3.05) is 6.54 Å². The highest BCUT2D eigenvalue weighted by Crippen LogP contribution is 2.40. The van der Waals surface area contributed by atoms with Crippen LogP contribution in [-0.2, 0) is 51.2 Å². The molecule has 0 radical (unpaired) electrons. The van der Waals surface area contributed by atoms with E-state index in [0.717, 1.165) is 6.07 Å². The first-order valence-corrected chi connectivity index (χ1v) is 19.0. The Kier molecular flexibility index (Phi) is 13.5. The third kappa shape index (κ3) is 9.71. The van der Waals surface area contributed by atoms with Crippen LogP contribution in [0.5, 0.6) is 0 Å². The number of hydrogen-bond acceptors (Lipinski definition) is 7. The zero-order valence-corrected chi connectivity index (χ0v) is 31.9. The molecule has 0 saturated heterocycles. The molecule has 0 aliphatic heterocycles. The molecule has 302 valence electrons. The molecule has 2 unspecified atom stereocenters. The van der Waals surface area contributed by atoms with Gasteiger partial charge < -0.3 is 26.3 Å². The fraction of sp³-hybridized carbons (Fsp3) is 0.513. The fourth-order valence-electron chi connectivity index (χ4n) is 7.10. The summed E-state index contributed by atoms with van der Waals surface area (Å²) < 4.78 is 58.2. The van der Waals surface area contributed by atoms with Gasteiger partial charge >= 0.3 is 6.18 Å². The van der Waals surface area contributed by atoms with Gasteiger partial charge in [0.05, 0.1) is 17.5 Å². The lowest BCUT2D eigenvalue weighted by molar-refractivity contribution is -0.139. The predicted octanol–water partition coefficient (Wildman–Crippen LogP) is 4.56. The molecule has 4 amide bonds. The van der Waals surface area contributed by atoms with Crippen LogP contribution in [-0.4, -0.2) is 73.0 Å². The Morgan fingerprint density at radius 1 is 0.946 bits per heavy atom. The third-order valence-electron chi connectivity index (χ3n) is 10.8. The number of carbonyl (C=O) groups is 4. The number of fused-ring (bicyclic) bond motifs is 3. The van der Waals surface area contributed by atoms with Crippen molar-refractivity contribution >= 4 is 34.5 Å². The molecular weight excluding hydrogens is 734 g/mol. The highest BCUT2D eigenvalue weighted by molar-refractivity contribution is 5.98. The van der Waals surface area contributed by atoms with Crippen LogP contribution >= 0.6 is 0 Å². The standard InChI is InChI=1S/C39H49F4N9O4/c1-5-23(3)32(35(54)44-18-9-10-19-52-22-45-50-51-52)48-37(56)38(17-16-30-27(21-38)26-13-11-14-28(34(26)46-30)39(41,42)43)49-36(55)33(24(4)6-2)47-31(53)20-25-12-7-8-15-29(25)40/h7-8,11-15,22-24,32-33,46H,5-6,9-10,16-21H2,1-4H3,(H,44,54)(H,47,53)(H,48,56)(H,49,55)/t23-,24?,32?,33-,38+/m0/s1. The van der Waals surface area contributed by atoms with Crippen LogP contribution in [0.25, 0.3) is 10.9 Å². The van der Waals surface area contributed by atoms with Crippen molar-refractivity contribution < 1.29 is 36.7 Å². The van der Waals surface area contributed by atoms with Crippen molar-refractivity contribution in [1.82, 2.24) is 46.5 Å². The number of aromatic nitrogens is 5. The van der Waals surface area contributed by atoms with Gasteiger partial charge in [-0.1, -0.05) is 70.9 Å². The molecule has 0 spiro atoms. The second kappa shape index (κ2) is 18.1. The molecule has 1 aliphatic carbocycles. The van der Waals surface area contributed by atoms with Crippen LogP contribution in [0, 0.1) is 17.7 Å². The number of nitrogens with one attached hydrogen (secondary N) is 5. The van der Waals surface area contributed by atoms with E-state index < -0.39 is 64.7 Å². The number of carbonyl (C=O) groups excluding carboxylic acids is 4. The average Bonchev–Trinajstić information content (AvgIpc) is 3.83. The summed E-state index contributed by atoms with van der Waals surface area (Å²) in [6.45, 7) is 8.14. The molecular formula is C39H49F4N9O4. The van der Waals surface area contributed by atoms with Crippen LogP contribution in [0.2, 0.25) is 0 Å². The third-order valence-corrected chi connectivity index (χ3v) is 10.8. The minimum absolute atomic E-state index is 0.0197. The van der Waals surface area contributed by atoms with Crippen LogP contribution in [0.3, 0.4) is 0 Å². The lowest BCUT2D eigenvalue weighted by atomic mass is 9.78. The van der Waals surface area contributed by atoms with E-state index in [4.69, 9.17) is 0 Å². The molecule has 17 heteroatoms. The molecule has 2 aromatic heterocycles. The largest absolute Gasteiger partial charge is 0.418 e. The van der Waals surface area contributed by atoms with E-state index >= 15 is 0 Å². The van der Waals surface area contributed by atoms with Crippen molar-refractivity contribution in [1.29, 1.82) is 0 Å². The molecule has 2 aromatic carbocycles. The van der Waals surface area contributed by atoms with E-state index in [0.29, 0.717) is 50.0 Å². The number of para-hydroxylation sites is 1. The molecule has 4 aromatic rings. The molecule has 56 heavy (non-hydrogen) atoms. The lowest BCUT2D eigenvalue weighted by Crippen LogP contribution is -2.67. The number of aryl methyl sites for hydroxylation is 2. The quantitative estimate of drug-likeness (QED) is 0.0771. The Balaban J connectivity index is 1.43. The summed E-state index contributed by atoms with van der Waals surface area (Å²) in [6, 6.07) is 7.46. The first-order valence-electron chi connectivity index (χ1n) is 19.0. The van der Waals surface area contributed by atoms with Gasteiger partial charge in [-0.3, -0.25) is 19.2 Å². The molecule has 5 rings (SSSR count). The number of amides is 4. The Bertz CT molecular complexity index is 2000. The van der Waals surface area contributed by atoms with E-state index in [1.54, 1.807) is 17.7 Å². The number of nitrogens with zero attached hydrogens (tertiary/aromatic N) is 4.